The van der Waals surface area contributed by atoms with Gasteiger partial charge >= 0.3 is 0 Å². The van der Waals surface area contributed by atoms with E-state index in [1.165, 1.54) is 0 Å². The quantitative estimate of drug-likeness (QED) is 0.342. The smallest absolute Gasteiger partial charge is 0.139 e. The van der Waals surface area contributed by atoms with Gasteiger partial charge < -0.3 is 4.74 Å². The first-order valence-electron chi connectivity index (χ1n) is 6.14. The molecule has 0 saturated heterocycles. The van der Waals surface area contributed by atoms with Crippen LogP contribution >= 0.6 is 69.0 Å². The number of rotatable bonds is 4. The molecule has 0 spiro atoms. The number of benzene rings is 2. The molecule has 6 heteroatoms. The summed E-state index contributed by atoms with van der Waals surface area (Å²) in [5, 5.41) is 1.23. The van der Waals surface area contributed by atoms with Crippen LogP contribution in [-0.4, -0.2) is 6.61 Å². The van der Waals surface area contributed by atoms with Crippen LogP contribution in [0.25, 0.3) is 0 Å². The monoisotopic (exact) mass is 474 g/mol. The Labute approximate surface area is 157 Å². The predicted molar refractivity (Wildman–Crippen MR) is 99.5 cm³/mol. The highest BCUT2D eigenvalue weighted by molar-refractivity contribution is 14.1. The van der Waals surface area contributed by atoms with Crippen LogP contribution in [0.2, 0.25) is 15.1 Å². The Kier molecular flexibility index (Phi) is 6.33. The molecule has 0 N–H and O–H groups in total. The molecule has 0 aliphatic carbocycles. The molecular weight excluding hydrogens is 465 g/mol. The lowest BCUT2D eigenvalue weighted by atomic mass is 10.0. The van der Waals surface area contributed by atoms with Crippen LogP contribution in [0.15, 0.2) is 30.3 Å². The zero-order valence-corrected chi connectivity index (χ0v) is 16.2. The molecule has 0 aliphatic heterocycles. The molecule has 0 aliphatic rings. The van der Waals surface area contributed by atoms with Crippen molar-refractivity contribution in [2.24, 2.45) is 0 Å². The van der Waals surface area contributed by atoms with Gasteiger partial charge in [0.1, 0.15) is 5.75 Å². The highest BCUT2D eigenvalue weighted by Gasteiger charge is 2.18. The first-order valence-corrected chi connectivity index (χ1v) is 8.79. The highest BCUT2D eigenvalue weighted by Crippen LogP contribution is 2.40. The second-order valence-electron chi connectivity index (χ2n) is 4.27. The van der Waals surface area contributed by atoms with E-state index in [2.05, 4.69) is 22.6 Å². The molecule has 21 heavy (non-hydrogen) atoms. The summed E-state index contributed by atoms with van der Waals surface area (Å²) < 4.78 is 6.38. The minimum Gasteiger partial charge on any atom is -0.492 e. The van der Waals surface area contributed by atoms with Crippen molar-refractivity contribution in [1.29, 1.82) is 0 Å². The van der Waals surface area contributed by atoms with Gasteiger partial charge in [-0.3, -0.25) is 0 Å². The molecule has 0 heterocycles. The van der Waals surface area contributed by atoms with Gasteiger partial charge in [-0.15, -0.1) is 11.6 Å². The van der Waals surface area contributed by atoms with E-state index in [9.17, 15) is 0 Å². The summed E-state index contributed by atoms with van der Waals surface area (Å²) in [7, 11) is 0. The molecule has 0 radical (unpaired) electrons. The Hall–Kier alpha value is 0.130. The van der Waals surface area contributed by atoms with Crippen molar-refractivity contribution in [1.82, 2.24) is 0 Å². The SMILES string of the molecule is CCOc1cc(Cl)c(C(Cl)c2ccc(I)c(Cl)c2)cc1Cl. The van der Waals surface area contributed by atoms with Crippen molar-refractivity contribution in [3.05, 3.63) is 60.1 Å². The third-order valence-corrected chi connectivity index (χ3v) is 5.54. The molecular formula is C15H11Cl4IO. The third-order valence-electron chi connectivity index (χ3n) is 2.86. The van der Waals surface area contributed by atoms with Gasteiger partial charge in [0.2, 0.25) is 0 Å². The molecule has 0 fully saturated rings. The van der Waals surface area contributed by atoms with Crippen molar-refractivity contribution in [2.75, 3.05) is 6.61 Å². The summed E-state index contributed by atoms with van der Waals surface area (Å²) in [6.07, 6.45) is 0. The van der Waals surface area contributed by atoms with Gasteiger partial charge in [0, 0.05) is 14.7 Å². The number of ether oxygens (including phenoxy) is 1. The summed E-state index contributed by atoms with van der Waals surface area (Å²) in [5.41, 5.74) is 1.59. The Morgan fingerprint density at radius 2 is 1.76 bits per heavy atom. The fourth-order valence-corrected chi connectivity index (χ4v) is 3.24. The molecule has 0 amide bonds. The summed E-state index contributed by atoms with van der Waals surface area (Å²) in [6, 6.07) is 9.09. The maximum absolute atomic E-state index is 6.52. The second kappa shape index (κ2) is 7.60. The maximum Gasteiger partial charge on any atom is 0.139 e. The predicted octanol–water partition coefficient (Wildman–Crippen LogP) is 6.98. The topological polar surface area (TPSA) is 9.23 Å². The van der Waals surface area contributed by atoms with Crippen LogP contribution < -0.4 is 4.74 Å². The highest BCUT2D eigenvalue weighted by atomic mass is 127. The Morgan fingerprint density at radius 3 is 2.38 bits per heavy atom. The Morgan fingerprint density at radius 1 is 1.05 bits per heavy atom. The van der Waals surface area contributed by atoms with E-state index in [4.69, 9.17) is 51.1 Å². The molecule has 1 unspecified atom stereocenters. The largest absolute Gasteiger partial charge is 0.492 e. The Balaban J connectivity index is 2.40. The Bertz CT molecular complexity index is 660. The van der Waals surface area contributed by atoms with Crippen LogP contribution in [0.5, 0.6) is 5.75 Å². The van der Waals surface area contributed by atoms with E-state index in [1.807, 2.05) is 25.1 Å². The molecule has 112 valence electrons. The number of hydrogen-bond acceptors (Lipinski definition) is 1. The molecule has 0 bridgehead atoms. The van der Waals surface area contributed by atoms with E-state index in [1.54, 1.807) is 12.1 Å². The molecule has 0 saturated carbocycles. The van der Waals surface area contributed by atoms with Crippen molar-refractivity contribution in [3.8, 4) is 5.75 Å². The molecule has 2 aromatic rings. The fraction of sp³-hybridized carbons (Fsp3) is 0.200. The van der Waals surface area contributed by atoms with Crippen LogP contribution in [0, 0.1) is 3.57 Å². The van der Waals surface area contributed by atoms with Crippen LogP contribution in [0.1, 0.15) is 23.4 Å². The lowest BCUT2D eigenvalue weighted by Crippen LogP contribution is -1.98. The van der Waals surface area contributed by atoms with E-state index in [0.717, 1.165) is 14.7 Å². The number of hydrogen-bond donors (Lipinski definition) is 0. The maximum atomic E-state index is 6.52. The van der Waals surface area contributed by atoms with Crippen molar-refractivity contribution < 1.29 is 4.74 Å². The van der Waals surface area contributed by atoms with Crippen LogP contribution in [-0.2, 0) is 0 Å². The summed E-state index contributed by atoms with van der Waals surface area (Å²) >= 11 is 27.3. The van der Waals surface area contributed by atoms with Crippen LogP contribution in [0.3, 0.4) is 0 Å². The van der Waals surface area contributed by atoms with E-state index >= 15 is 0 Å². The van der Waals surface area contributed by atoms with Gasteiger partial charge in [-0.2, -0.15) is 0 Å². The minimum atomic E-state index is -0.430. The van der Waals surface area contributed by atoms with E-state index in [-0.39, 0.29) is 0 Å². The number of alkyl halides is 1. The minimum absolute atomic E-state index is 0.430. The lowest BCUT2D eigenvalue weighted by molar-refractivity contribution is 0.340. The van der Waals surface area contributed by atoms with Gasteiger partial charge in [-0.25, -0.2) is 0 Å². The summed E-state index contributed by atoms with van der Waals surface area (Å²) in [4.78, 5) is 0. The first kappa shape index (κ1) is 17.5. The molecule has 1 atom stereocenters. The summed E-state index contributed by atoms with van der Waals surface area (Å²) in [6.45, 7) is 2.41. The summed E-state index contributed by atoms with van der Waals surface area (Å²) in [5.74, 6) is 0.553. The van der Waals surface area contributed by atoms with Gasteiger partial charge in [0.15, 0.2) is 0 Å². The molecule has 2 aromatic carbocycles. The zero-order valence-electron chi connectivity index (χ0n) is 11.0. The molecule has 2 rings (SSSR count). The van der Waals surface area contributed by atoms with Crippen molar-refractivity contribution in [2.45, 2.75) is 12.3 Å². The number of halogens is 5. The van der Waals surface area contributed by atoms with Crippen LogP contribution in [0.4, 0.5) is 0 Å². The average molecular weight is 476 g/mol. The van der Waals surface area contributed by atoms with Gasteiger partial charge in [-0.05, 0) is 58.8 Å². The molecule has 1 nitrogen and oxygen atoms in total. The van der Waals surface area contributed by atoms with Gasteiger partial charge in [0.25, 0.3) is 0 Å². The van der Waals surface area contributed by atoms with E-state index < -0.39 is 5.38 Å². The average Bonchev–Trinajstić information content (AvgIpc) is 2.45. The second-order valence-corrected chi connectivity index (χ2v) is 7.09. The van der Waals surface area contributed by atoms with Crippen molar-refractivity contribution >= 4 is 69.0 Å². The van der Waals surface area contributed by atoms with Gasteiger partial charge in [-0.1, -0.05) is 40.9 Å². The van der Waals surface area contributed by atoms with Crippen molar-refractivity contribution in [3.63, 3.8) is 0 Å². The van der Waals surface area contributed by atoms with Gasteiger partial charge in [0.05, 0.1) is 22.0 Å². The lowest BCUT2D eigenvalue weighted by Gasteiger charge is -2.15. The third kappa shape index (κ3) is 4.11. The zero-order chi connectivity index (χ0) is 15.6. The standard InChI is InChI=1S/C15H11Cl4IO/c1-2-21-14-7-10(16)9(6-12(14)18)15(19)8-3-4-13(20)11(17)5-8/h3-7,15H,2H2,1H3. The normalized spacial score (nSPS) is 12.3. The molecule has 0 aromatic heterocycles. The first-order chi connectivity index (χ1) is 9.93. The fourth-order valence-electron chi connectivity index (χ4n) is 1.85. The van der Waals surface area contributed by atoms with E-state index in [0.29, 0.717) is 27.4 Å².